The van der Waals surface area contributed by atoms with E-state index in [0.717, 1.165) is 23.5 Å². The van der Waals surface area contributed by atoms with E-state index in [1.54, 1.807) is 0 Å². The van der Waals surface area contributed by atoms with Crippen LogP contribution in [0, 0.1) is 0 Å². The van der Waals surface area contributed by atoms with Crippen LogP contribution < -0.4 is 9.46 Å². The van der Waals surface area contributed by atoms with Gasteiger partial charge in [-0.1, -0.05) is 40.6 Å². The van der Waals surface area contributed by atoms with Gasteiger partial charge in [0.25, 0.3) is 10.0 Å². The summed E-state index contributed by atoms with van der Waals surface area (Å²) in [5, 5.41) is 7.95. The van der Waals surface area contributed by atoms with Crippen molar-refractivity contribution in [3.63, 3.8) is 0 Å². The third kappa shape index (κ3) is 5.50. The van der Waals surface area contributed by atoms with E-state index in [-0.39, 0.29) is 37.4 Å². The number of benzene rings is 2. The first kappa shape index (κ1) is 21.6. The smallest absolute Gasteiger partial charge is 0.416 e. The van der Waals surface area contributed by atoms with Crippen LogP contribution in [0.3, 0.4) is 0 Å². The number of ether oxygens (including phenoxy) is 1. The third-order valence-electron chi connectivity index (χ3n) is 3.41. The number of alkyl halides is 3. The van der Waals surface area contributed by atoms with Crippen LogP contribution >= 0.6 is 34.5 Å². The number of rotatable bonds is 6. The van der Waals surface area contributed by atoms with Gasteiger partial charge in [0.2, 0.25) is 5.13 Å². The summed E-state index contributed by atoms with van der Waals surface area (Å²) in [6.45, 7) is -0.187. The van der Waals surface area contributed by atoms with Crippen molar-refractivity contribution in [2.75, 3.05) is 4.72 Å². The first-order chi connectivity index (χ1) is 13.5. The van der Waals surface area contributed by atoms with Gasteiger partial charge < -0.3 is 4.74 Å². The summed E-state index contributed by atoms with van der Waals surface area (Å²) in [6.07, 6.45) is -4.49. The lowest BCUT2D eigenvalue weighted by atomic mass is 10.2. The minimum absolute atomic E-state index is 0.00652. The second kappa shape index (κ2) is 8.34. The highest BCUT2D eigenvalue weighted by Gasteiger charge is 2.30. The highest BCUT2D eigenvalue weighted by atomic mass is 35.5. The van der Waals surface area contributed by atoms with Crippen LogP contribution in [0.25, 0.3) is 0 Å². The minimum atomic E-state index is -4.49. The molecule has 0 radical (unpaired) electrons. The molecule has 1 aromatic heterocycles. The normalized spacial score (nSPS) is 12.0. The lowest BCUT2D eigenvalue weighted by Crippen LogP contribution is -2.12. The molecule has 0 unspecified atom stereocenters. The van der Waals surface area contributed by atoms with Gasteiger partial charge in [-0.2, -0.15) is 13.2 Å². The molecule has 1 N–H and O–H groups in total. The fraction of sp³-hybridized carbons (Fsp3) is 0.125. The maximum absolute atomic E-state index is 12.7. The average molecular weight is 484 g/mol. The van der Waals surface area contributed by atoms with E-state index in [1.807, 2.05) is 0 Å². The molecule has 0 aliphatic carbocycles. The van der Waals surface area contributed by atoms with Crippen molar-refractivity contribution in [1.29, 1.82) is 0 Å². The van der Waals surface area contributed by atoms with Gasteiger partial charge >= 0.3 is 6.18 Å². The van der Waals surface area contributed by atoms with Crippen molar-refractivity contribution in [1.82, 2.24) is 10.2 Å². The van der Waals surface area contributed by atoms with Crippen LogP contribution in [-0.2, 0) is 22.8 Å². The average Bonchev–Trinajstić information content (AvgIpc) is 3.08. The van der Waals surface area contributed by atoms with Crippen molar-refractivity contribution >= 4 is 49.7 Å². The lowest BCUT2D eigenvalue weighted by molar-refractivity contribution is -0.137. The molecule has 0 fully saturated rings. The van der Waals surface area contributed by atoms with Gasteiger partial charge in [0.05, 0.1) is 20.5 Å². The summed E-state index contributed by atoms with van der Waals surface area (Å²) >= 11 is 12.5. The Morgan fingerprint density at radius 3 is 2.52 bits per heavy atom. The van der Waals surface area contributed by atoms with E-state index in [9.17, 15) is 21.6 Å². The topological polar surface area (TPSA) is 81.2 Å². The van der Waals surface area contributed by atoms with Crippen LogP contribution in [0.1, 0.15) is 10.6 Å². The number of halogens is 5. The Balaban J connectivity index is 1.67. The molecule has 154 valence electrons. The number of hydrogen-bond donors (Lipinski definition) is 1. The summed E-state index contributed by atoms with van der Waals surface area (Å²) < 4.78 is 70.4. The molecule has 3 aromatic rings. The molecule has 2 aromatic carbocycles. The molecule has 0 amide bonds. The molecule has 0 saturated carbocycles. The maximum atomic E-state index is 12.7. The Kier molecular flexibility index (Phi) is 6.22. The van der Waals surface area contributed by atoms with Crippen molar-refractivity contribution in [3.8, 4) is 5.75 Å². The van der Waals surface area contributed by atoms with Gasteiger partial charge in [-0.25, -0.2) is 8.42 Å². The van der Waals surface area contributed by atoms with E-state index >= 15 is 0 Å². The number of hydrogen-bond acceptors (Lipinski definition) is 6. The predicted octanol–water partition coefficient (Wildman–Crippen LogP) is 5.24. The summed E-state index contributed by atoms with van der Waals surface area (Å²) in [4.78, 5) is -0.121. The first-order valence-electron chi connectivity index (χ1n) is 7.65. The first-order valence-corrected chi connectivity index (χ1v) is 10.7. The Morgan fingerprint density at radius 1 is 1.07 bits per heavy atom. The molecule has 6 nitrogen and oxygen atoms in total. The van der Waals surface area contributed by atoms with Crippen molar-refractivity contribution in [2.45, 2.75) is 17.7 Å². The van der Waals surface area contributed by atoms with Gasteiger partial charge in [-0.05, 0) is 36.4 Å². The monoisotopic (exact) mass is 483 g/mol. The third-order valence-corrected chi connectivity index (χ3v) is 6.43. The lowest BCUT2D eigenvalue weighted by Gasteiger charge is -2.09. The summed E-state index contributed by atoms with van der Waals surface area (Å²) in [6, 6.07) is 8.16. The molecule has 0 aliphatic heterocycles. The molecule has 0 bridgehead atoms. The van der Waals surface area contributed by atoms with Crippen molar-refractivity contribution in [3.05, 3.63) is 63.1 Å². The Bertz CT molecular complexity index is 1140. The number of nitrogens with one attached hydrogen (secondary N) is 1. The van der Waals surface area contributed by atoms with Crippen molar-refractivity contribution < 1.29 is 26.3 Å². The zero-order valence-corrected chi connectivity index (χ0v) is 17.2. The molecule has 13 heteroatoms. The molecule has 3 rings (SSSR count). The Labute approximate surface area is 177 Å². The SMILES string of the molecule is O=S(=O)(Nc1nnc(COc2cccc(C(F)(F)F)c2)s1)c1ccc(Cl)c(Cl)c1. The molecular formula is C16H10Cl2F3N3O3S2. The van der Waals surface area contributed by atoms with Crippen LogP contribution in [0.5, 0.6) is 5.75 Å². The quantitative estimate of drug-likeness (QED) is 0.518. The predicted molar refractivity (Wildman–Crippen MR) is 103 cm³/mol. The van der Waals surface area contributed by atoms with Crippen LogP contribution in [-0.4, -0.2) is 18.6 Å². The van der Waals surface area contributed by atoms with E-state index in [4.69, 9.17) is 27.9 Å². The Hall–Kier alpha value is -2.08. The van der Waals surface area contributed by atoms with Crippen molar-refractivity contribution in [2.24, 2.45) is 0 Å². The van der Waals surface area contributed by atoms with Gasteiger partial charge in [-0.3, -0.25) is 4.72 Å². The standard InChI is InChI=1S/C16H10Cl2F3N3O3S2/c17-12-5-4-11(7-13(12)18)29(25,26)24-15-23-22-14(28-15)8-27-10-3-1-2-9(6-10)16(19,20)21/h1-7H,8H2,(H,23,24). The molecule has 0 atom stereocenters. The summed E-state index contributed by atoms with van der Waals surface area (Å²) in [5.41, 5.74) is -0.845. The van der Waals surface area contributed by atoms with Gasteiger partial charge in [0.1, 0.15) is 12.4 Å². The van der Waals surface area contributed by atoms with E-state index in [0.29, 0.717) is 0 Å². The van der Waals surface area contributed by atoms with Gasteiger partial charge in [0, 0.05) is 0 Å². The molecular weight excluding hydrogens is 474 g/mol. The van der Waals surface area contributed by atoms with Gasteiger partial charge in [0.15, 0.2) is 5.01 Å². The molecule has 1 heterocycles. The number of nitrogens with zero attached hydrogens (tertiary/aromatic N) is 2. The second-order valence-corrected chi connectivity index (χ2v) is 9.06. The van der Waals surface area contributed by atoms with Crippen LogP contribution in [0.4, 0.5) is 18.3 Å². The molecule has 0 aliphatic rings. The van der Waals surface area contributed by atoms with E-state index in [1.165, 1.54) is 30.3 Å². The minimum Gasteiger partial charge on any atom is -0.486 e. The van der Waals surface area contributed by atoms with E-state index < -0.39 is 21.8 Å². The van der Waals surface area contributed by atoms with Gasteiger partial charge in [-0.15, -0.1) is 10.2 Å². The van der Waals surface area contributed by atoms with Crippen LogP contribution in [0.2, 0.25) is 10.0 Å². The van der Waals surface area contributed by atoms with E-state index in [2.05, 4.69) is 14.9 Å². The number of anilines is 1. The molecule has 0 spiro atoms. The fourth-order valence-corrected chi connectivity index (χ4v) is 4.35. The highest BCUT2D eigenvalue weighted by Crippen LogP contribution is 2.32. The number of sulfonamides is 1. The largest absolute Gasteiger partial charge is 0.486 e. The zero-order chi connectivity index (χ0) is 21.2. The second-order valence-electron chi connectivity index (χ2n) is 5.50. The highest BCUT2D eigenvalue weighted by molar-refractivity contribution is 7.93. The Morgan fingerprint density at radius 2 is 1.83 bits per heavy atom. The number of aromatic nitrogens is 2. The maximum Gasteiger partial charge on any atom is 0.416 e. The fourth-order valence-electron chi connectivity index (χ4n) is 2.08. The molecule has 0 saturated heterocycles. The zero-order valence-electron chi connectivity index (χ0n) is 14.1. The van der Waals surface area contributed by atoms with Crippen LogP contribution in [0.15, 0.2) is 47.4 Å². The summed E-state index contributed by atoms with van der Waals surface area (Å²) in [7, 11) is -3.98. The molecule has 29 heavy (non-hydrogen) atoms. The summed E-state index contributed by atoms with van der Waals surface area (Å²) in [5.74, 6) is -0.00652.